The fraction of sp³-hybridized carbons (Fsp3) is 0.667. The van der Waals surface area contributed by atoms with Crippen LogP contribution in [-0.4, -0.2) is 26.8 Å². The topological polar surface area (TPSA) is 59.3 Å². The average Bonchev–Trinajstić information content (AvgIpc) is 2.31. The third-order valence-corrected chi connectivity index (χ3v) is 2.10. The van der Waals surface area contributed by atoms with E-state index < -0.39 is 0 Å². The van der Waals surface area contributed by atoms with Crippen molar-refractivity contribution < 1.29 is 14.3 Å². The van der Waals surface area contributed by atoms with Crippen molar-refractivity contribution in [2.45, 2.75) is 32.6 Å². The fourth-order valence-electron chi connectivity index (χ4n) is 1.35. The molecule has 0 aliphatic heterocycles. The molecule has 0 amide bonds. The summed E-state index contributed by atoms with van der Waals surface area (Å²) in [6.45, 7) is 2.59. The van der Waals surface area contributed by atoms with Crippen molar-refractivity contribution in [3.8, 4) is 6.07 Å². The normalized spacial score (nSPS) is 11.8. The minimum atomic E-state index is 0.204. The number of methoxy groups -OCH3 is 1. The molecule has 0 saturated carbocycles. The molecule has 0 heterocycles. The molecule has 0 saturated heterocycles. The van der Waals surface area contributed by atoms with Gasteiger partial charge in [-0.1, -0.05) is 13.3 Å². The molecular weight excluding hydrogens is 206 g/mol. The van der Waals surface area contributed by atoms with Crippen LogP contribution >= 0.6 is 0 Å². The molecule has 90 valence electrons. The lowest BCUT2D eigenvalue weighted by molar-refractivity contribution is -0.107. The lowest BCUT2D eigenvalue weighted by atomic mass is 10.0. The molecule has 0 aliphatic carbocycles. The number of nitrogens with zero attached hydrogens (tertiary/aromatic N) is 1. The van der Waals surface area contributed by atoms with Gasteiger partial charge in [-0.3, -0.25) is 0 Å². The predicted molar refractivity (Wildman–Crippen MR) is 60.7 cm³/mol. The Morgan fingerprint density at radius 1 is 1.44 bits per heavy atom. The quantitative estimate of drug-likeness (QED) is 0.261. The fourth-order valence-corrected chi connectivity index (χ4v) is 1.35. The van der Waals surface area contributed by atoms with E-state index in [-0.39, 0.29) is 6.79 Å². The highest BCUT2D eigenvalue weighted by atomic mass is 16.7. The average molecular weight is 225 g/mol. The maximum atomic E-state index is 10.3. The first-order valence-electron chi connectivity index (χ1n) is 5.41. The van der Waals surface area contributed by atoms with Crippen LogP contribution in [0.25, 0.3) is 0 Å². The summed E-state index contributed by atoms with van der Waals surface area (Å²) in [5.74, 6) is 0. The second-order valence-corrected chi connectivity index (χ2v) is 3.40. The van der Waals surface area contributed by atoms with Gasteiger partial charge in [0.05, 0.1) is 12.7 Å². The van der Waals surface area contributed by atoms with Gasteiger partial charge in [0.1, 0.15) is 13.1 Å². The number of carbonyl (C=O) groups excluding carboxylic acids is 1. The van der Waals surface area contributed by atoms with Gasteiger partial charge in [-0.05, 0) is 18.4 Å². The summed E-state index contributed by atoms with van der Waals surface area (Å²) in [6.07, 6.45) is 3.53. The molecule has 0 bridgehead atoms. The molecule has 0 radical (unpaired) electrons. The van der Waals surface area contributed by atoms with Gasteiger partial charge in [0.25, 0.3) is 0 Å². The highest BCUT2D eigenvalue weighted by Crippen LogP contribution is 2.15. The third kappa shape index (κ3) is 6.33. The number of ether oxygens (including phenoxy) is 2. The predicted octanol–water partition coefficient (Wildman–Crippen LogP) is 2.21. The maximum Gasteiger partial charge on any atom is 0.146 e. The van der Waals surface area contributed by atoms with Gasteiger partial charge in [0, 0.05) is 19.1 Å². The Labute approximate surface area is 96.8 Å². The molecule has 0 aliphatic rings. The summed E-state index contributed by atoms with van der Waals surface area (Å²) in [4.78, 5) is 10.3. The SMILES string of the molecule is CCC/C(C#N)=C(/CCC=O)COCOC. The smallest absolute Gasteiger partial charge is 0.146 e. The largest absolute Gasteiger partial charge is 0.359 e. The monoisotopic (exact) mass is 225 g/mol. The van der Waals surface area contributed by atoms with Crippen molar-refractivity contribution >= 4 is 6.29 Å². The van der Waals surface area contributed by atoms with Crippen molar-refractivity contribution in [3.05, 3.63) is 11.1 Å². The van der Waals surface area contributed by atoms with Crippen molar-refractivity contribution in [1.29, 1.82) is 5.26 Å². The summed E-state index contributed by atoms with van der Waals surface area (Å²) in [5, 5.41) is 9.00. The van der Waals surface area contributed by atoms with Gasteiger partial charge in [-0.15, -0.1) is 0 Å². The number of carbonyl (C=O) groups is 1. The number of aldehydes is 1. The molecule has 0 aromatic heterocycles. The van der Waals surface area contributed by atoms with Crippen LogP contribution in [-0.2, 0) is 14.3 Å². The van der Waals surface area contributed by atoms with E-state index in [0.29, 0.717) is 19.4 Å². The standard InChI is InChI=1S/C12H19NO3/c1-3-5-11(8-13)12(6-4-7-14)9-16-10-15-2/h7H,3-6,9-10H2,1-2H3/b12-11+. The first-order chi connectivity index (χ1) is 7.79. The van der Waals surface area contributed by atoms with E-state index in [1.165, 1.54) is 0 Å². The minimum absolute atomic E-state index is 0.204. The molecule has 0 N–H and O–H groups in total. The molecule has 0 aromatic carbocycles. The molecule has 0 rings (SSSR count). The lowest BCUT2D eigenvalue weighted by Gasteiger charge is -2.09. The summed E-state index contributed by atoms with van der Waals surface area (Å²) in [6, 6.07) is 2.18. The van der Waals surface area contributed by atoms with Gasteiger partial charge in [-0.25, -0.2) is 0 Å². The van der Waals surface area contributed by atoms with E-state index >= 15 is 0 Å². The summed E-state index contributed by atoms with van der Waals surface area (Å²) in [7, 11) is 1.55. The second kappa shape index (κ2) is 10.3. The van der Waals surface area contributed by atoms with Crippen LogP contribution in [0.3, 0.4) is 0 Å². The van der Waals surface area contributed by atoms with Gasteiger partial charge in [0.2, 0.25) is 0 Å². The Bertz CT molecular complexity index is 266. The van der Waals surface area contributed by atoms with Crippen molar-refractivity contribution in [2.24, 2.45) is 0 Å². The van der Waals surface area contributed by atoms with Crippen LogP contribution in [0.15, 0.2) is 11.1 Å². The zero-order valence-electron chi connectivity index (χ0n) is 9.99. The Morgan fingerprint density at radius 3 is 2.69 bits per heavy atom. The van der Waals surface area contributed by atoms with Gasteiger partial charge in [0.15, 0.2) is 0 Å². The summed E-state index contributed by atoms with van der Waals surface area (Å²) in [5.41, 5.74) is 1.65. The minimum Gasteiger partial charge on any atom is -0.359 e. The Hall–Kier alpha value is -1.18. The number of rotatable bonds is 9. The highest BCUT2D eigenvalue weighted by Gasteiger charge is 2.06. The molecule has 0 spiro atoms. The van der Waals surface area contributed by atoms with E-state index in [2.05, 4.69) is 6.07 Å². The number of allylic oxidation sites excluding steroid dienone is 1. The number of nitriles is 1. The first kappa shape index (κ1) is 14.8. The molecule has 0 atom stereocenters. The van der Waals surface area contributed by atoms with E-state index in [4.69, 9.17) is 14.7 Å². The zero-order valence-corrected chi connectivity index (χ0v) is 9.99. The van der Waals surface area contributed by atoms with Crippen LogP contribution in [0.4, 0.5) is 0 Å². The maximum absolute atomic E-state index is 10.3. The van der Waals surface area contributed by atoms with Crippen LogP contribution in [0.5, 0.6) is 0 Å². The van der Waals surface area contributed by atoms with Crippen molar-refractivity contribution in [3.63, 3.8) is 0 Å². The molecule has 4 nitrogen and oxygen atoms in total. The second-order valence-electron chi connectivity index (χ2n) is 3.40. The highest BCUT2D eigenvalue weighted by molar-refractivity contribution is 5.50. The summed E-state index contributed by atoms with van der Waals surface area (Å²) < 4.78 is 10.00. The van der Waals surface area contributed by atoms with E-state index in [9.17, 15) is 4.79 Å². The van der Waals surface area contributed by atoms with Crippen molar-refractivity contribution in [2.75, 3.05) is 20.5 Å². The Morgan fingerprint density at radius 2 is 2.19 bits per heavy atom. The van der Waals surface area contributed by atoms with E-state index in [0.717, 1.165) is 30.3 Å². The van der Waals surface area contributed by atoms with Crippen LogP contribution < -0.4 is 0 Å². The molecule has 16 heavy (non-hydrogen) atoms. The lowest BCUT2D eigenvalue weighted by Crippen LogP contribution is -2.04. The Kier molecular flexibility index (Phi) is 9.58. The van der Waals surface area contributed by atoms with E-state index in [1.807, 2.05) is 6.92 Å². The molecular formula is C12H19NO3. The van der Waals surface area contributed by atoms with Crippen molar-refractivity contribution in [1.82, 2.24) is 0 Å². The third-order valence-electron chi connectivity index (χ3n) is 2.10. The van der Waals surface area contributed by atoms with E-state index in [1.54, 1.807) is 7.11 Å². The molecule has 4 heteroatoms. The van der Waals surface area contributed by atoms with Gasteiger partial charge < -0.3 is 14.3 Å². The van der Waals surface area contributed by atoms with Crippen LogP contribution in [0.2, 0.25) is 0 Å². The molecule has 0 unspecified atom stereocenters. The first-order valence-corrected chi connectivity index (χ1v) is 5.41. The summed E-state index contributed by atoms with van der Waals surface area (Å²) >= 11 is 0. The van der Waals surface area contributed by atoms with Crippen LogP contribution in [0, 0.1) is 11.3 Å². The Balaban J connectivity index is 4.47. The number of hydrogen-bond donors (Lipinski definition) is 0. The molecule has 0 fully saturated rings. The number of hydrogen-bond acceptors (Lipinski definition) is 4. The van der Waals surface area contributed by atoms with Gasteiger partial charge >= 0.3 is 0 Å². The zero-order chi connectivity index (χ0) is 12.2. The van der Waals surface area contributed by atoms with Gasteiger partial charge in [-0.2, -0.15) is 5.26 Å². The molecule has 0 aromatic rings. The van der Waals surface area contributed by atoms with Crippen LogP contribution in [0.1, 0.15) is 32.6 Å².